The molecule has 0 aliphatic heterocycles. The molecule has 0 saturated heterocycles. The van der Waals surface area contributed by atoms with Gasteiger partial charge < -0.3 is 9.30 Å². The minimum Gasteiger partial charge on any atom is -0.497 e. The Kier molecular flexibility index (Phi) is 5.17. The van der Waals surface area contributed by atoms with Crippen LogP contribution in [0.25, 0.3) is 16.9 Å². The van der Waals surface area contributed by atoms with Crippen LogP contribution in [0.3, 0.4) is 0 Å². The van der Waals surface area contributed by atoms with E-state index >= 15 is 0 Å². The smallest absolute Gasteiger partial charge is 0.201 e. The van der Waals surface area contributed by atoms with Crippen molar-refractivity contribution >= 4 is 9.84 Å². The Morgan fingerprint density at radius 1 is 1.10 bits per heavy atom. The lowest BCUT2D eigenvalue weighted by Gasteiger charge is -2.12. The molecule has 8 heteroatoms. The third kappa shape index (κ3) is 3.86. The highest BCUT2D eigenvalue weighted by atomic mass is 32.2. The summed E-state index contributed by atoms with van der Waals surface area (Å²) >= 11 is 0. The monoisotopic (exact) mass is 422 g/mol. The van der Waals surface area contributed by atoms with Gasteiger partial charge >= 0.3 is 0 Å². The van der Waals surface area contributed by atoms with Gasteiger partial charge in [-0.3, -0.25) is 4.68 Å². The molecule has 0 aliphatic carbocycles. The average Bonchev–Trinajstić information content (AvgIpc) is 3.37. The van der Waals surface area contributed by atoms with Crippen LogP contribution in [0.1, 0.15) is 11.1 Å². The molecule has 154 valence electrons. The van der Waals surface area contributed by atoms with Crippen molar-refractivity contribution in [1.82, 2.24) is 19.3 Å². The van der Waals surface area contributed by atoms with Crippen LogP contribution >= 0.6 is 0 Å². The van der Waals surface area contributed by atoms with E-state index in [1.165, 1.54) is 6.26 Å². The molecule has 0 radical (unpaired) electrons. The maximum Gasteiger partial charge on any atom is 0.201 e. The first-order valence-electron chi connectivity index (χ1n) is 9.36. The molecule has 0 bridgehead atoms. The van der Waals surface area contributed by atoms with Crippen LogP contribution in [0.5, 0.6) is 5.75 Å². The molecule has 0 amide bonds. The lowest BCUT2D eigenvalue weighted by Crippen LogP contribution is -2.06. The van der Waals surface area contributed by atoms with Crippen molar-refractivity contribution in [2.75, 3.05) is 13.4 Å². The van der Waals surface area contributed by atoms with E-state index in [0.29, 0.717) is 23.7 Å². The van der Waals surface area contributed by atoms with E-state index in [1.54, 1.807) is 35.1 Å². The molecule has 2 aromatic heterocycles. The zero-order valence-corrected chi connectivity index (χ0v) is 17.8. The summed E-state index contributed by atoms with van der Waals surface area (Å²) in [5, 5.41) is 4.53. The van der Waals surface area contributed by atoms with Crippen LogP contribution in [0.15, 0.2) is 72.3 Å². The topological polar surface area (TPSA) is 79.0 Å². The van der Waals surface area contributed by atoms with Crippen molar-refractivity contribution in [2.45, 2.75) is 18.5 Å². The maximum absolute atomic E-state index is 12.6. The zero-order chi connectivity index (χ0) is 21.3. The lowest BCUT2D eigenvalue weighted by atomic mass is 10.1. The summed E-state index contributed by atoms with van der Waals surface area (Å²) in [7, 11) is -2.00. The third-order valence-corrected chi connectivity index (χ3v) is 5.78. The summed E-state index contributed by atoms with van der Waals surface area (Å²) < 4.78 is 34.1. The van der Waals surface area contributed by atoms with Gasteiger partial charge in [-0.05, 0) is 24.6 Å². The number of hydrogen-bond donors (Lipinski definition) is 0. The van der Waals surface area contributed by atoms with Gasteiger partial charge in [-0.25, -0.2) is 13.4 Å². The van der Waals surface area contributed by atoms with Gasteiger partial charge in [-0.15, -0.1) is 0 Å². The SMILES string of the molecule is COc1cccc(-c2c(-n3ccnc3)c(S(C)(=O)=O)nn2Cc2ccc(C)cc2)c1. The summed E-state index contributed by atoms with van der Waals surface area (Å²) in [5.41, 5.74) is 4.11. The van der Waals surface area contributed by atoms with Crippen molar-refractivity contribution < 1.29 is 13.2 Å². The number of sulfone groups is 1. The van der Waals surface area contributed by atoms with Crippen LogP contribution in [0.4, 0.5) is 0 Å². The molecule has 4 aromatic rings. The van der Waals surface area contributed by atoms with Crippen LogP contribution in [-0.4, -0.2) is 41.1 Å². The molecule has 0 unspecified atom stereocenters. The second-order valence-corrected chi connectivity index (χ2v) is 9.05. The van der Waals surface area contributed by atoms with Gasteiger partial charge in [-0.2, -0.15) is 5.10 Å². The van der Waals surface area contributed by atoms with Crippen LogP contribution < -0.4 is 4.74 Å². The summed E-state index contributed by atoms with van der Waals surface area (Å²) in [6.07, 6.45) is 6.07. The fourth-order valence-electron chi connectivity index (χ4n) is 3.34. The molecule has 30 heavy (non-hydrogen) atoms. The number of methoxy groups -OCH3 is 1. The fraction of sp³-hybridized carbons (Fsp3) is 0.182. The van der Waals surface area contributed by atoms with Crippen LogP contribution in [0, 0.1) is 6.92 Å². The molecular weight excluding hydrogens is 400 g/mol. The highest BCUT2D eigenvalue weighted by Gasteiger charge is 2.27. The number of benzene rings is 2. The quantitative estimate of drug-likeness (QED) is 0.475. The number of rotatable bonds is 6. The van der Waals surface area contributed by atoms with Crippen LogP contribution in [-0.2, 0) is 16.4 Å². The van der Waals surface area contributed by atoms with Crippen molar-refractivity contribution in [3.63, 3.8) is 0 Å². The van der Waals surface area contributed by atoms with Crippen LogP contribution in [0.2, 0.25) is 0 Å². The van der Waals surface area contributed by atoms with Gasteiger partial charge in [0.2, 0.25) is 5.03 Å². The average molecular weight is 423 g/mol. The first-order chi connectivity index (χ1) is 14.4. The zero-order valence-electron chi connectivity index (χ0n) is 17.0. The molecule has 4 rings (SSSR count). The van der Waals surface area contributed by atoms with E-state index in [1.807, 2.05) is 55.5 Å². The molecule has 7 nitrogen and oxygen atoms in total. The van der Waals surface area contributed by atoms with Gasteiger partial charge in [0, 0.05) is 24.2 Å². The van der Waals surface area contributed by atoms with E-state index in [4.69, 9.17) is 4.74 Å². The Morgan fingerprint density at radius 3 is 2.50 bits per heavy atom. The third-order valence-electron chi connectivity index (χ3n) is 4.81. The number of ether oxygens (including phenoxy) is 1. The molecule has 2 aromatic carbocycles. The van der Waals surface area contributed by atoms with E-state index in [-0.39, 0.29) is 5.03 Å². The van der Waals surface area contributed by atoms with Crippen molar-refractivity contribution in [2.24, 2.45) is 0 Å². The predicted molar refractivity (Wildman–Crippen MR) is 115 cm³/mol. The Morgan fingerprint density at radius 2 is 1.87 bits per heavy atom. The van der Waals surface area contributed by atoms with Gasteiger partial charge in [0.25, 0.3) is 0 Å². The predicted octanol–water partition coefficient (Wildman–Crippen LogP) is 3.50. The number of imidazole rings is 1. The minimum absolute atomic E-state index is 0.00503. The number of aromatic nitrogens is 4. The van der Waals surface area contributed by atoms with Crippen molar-refractivity contribution in [3.05, 3.63) is 78.4 Å². The number of hydrogen-bond acceptors (Lipinski definition) is 5. The standard InChI is InChI=1S/C22H22N4O3S/c1-16-7-9-17(10-8-16)14-26-20(18-5-4-6-19(13-18)29-2)21(25-12-11-23-15-25)22(24-26)30(3,27)28/h4-13,15H,14H2,1-3H3. The molecule has 0 N–H and O–H groups in total. The van der Waals surface area contributed by atoms with E-state index in [9.17, 15) is 8.42 Å². The second-order valence-electron chi connectivity index (χ2n) is 7.12. The molecular formula is C22H22N4O3S. The number of nitrogens with zero attached hydrogens (tertiary/aromatic N) is 4. The highest BCUT2D eigenvalue weighted by Crippen LogP contribution is 2.34. The maximum atomic E-state index is 12.6. The summed E-state index contributed by atoms with van der Waals surface area (Å²) in [5.74, 6) is 0.674. The Balaban J connectivity index is 2.00. The summed E-state index contributed by atoms with van der Waals surface area (Å²) in [4.78, 5) is 4.10. The molecule has 0 saturated carbocycles. The van der Waals surface area contributed by atoms with Gasteiger partial charge in [0.05, 0.1) is 25.7 Å². The molecule has 0 atom stereocenters. The minimum atomic E-state index is -3.60. The first kappa shape index (κ1) is 19.9. The lowest BCUT2D eigenvalue weighted by molar-refractivity contribution is 0.415. The van der Waals surface area contributed by atoms with Gasteiger partial charge in [-0.1, -0.05) is 42.0 Å². The molecule has 0 fully saturated rings. The highest BCUT2D eigenvalue weighted by molar-refractivity contribution is 7.90. The molecule has 0 aliphatic rings. The Labute approximate surface area is 175 Å². The van der Waals surface area contributed by atoms with E-state index < -0.39 is 9.84 Å². The van der Waals surface area contributed by atoms with E-state index in [0.717, 1.165) is 16.7 Å². The Hall–Kier alpha value is -3.39. The fourth-order valence-corrected chi connectivity index (χ4v) is 4.14. The first-order valence-corrected chi connectivity index (χ1v) is 11.2. The molecule has 0 spiro atoms. The van der Waals surface area contributed by atoms with Crippen molar-refractivity contribution in [1.29, 1.82) is 0 Å². The van der Waals surface area contributed by atoms with Crippen molar-refractivity contribution in [3.8, 4) is 22.7 Å². The summed E-state index contributed by atoms with van der Waals surface area (Å²) in [6.45, 7) is 2.45. The van der Waals surface area contributed by atoms with E-state index in [2.05, 4.69) is 10.1 Å². The number of aryl methyl sites for hydroxylation is 1. The summed E-state index contributed by atoms with van der Waals surface area (Å²) in [6, 6.07) is 15.6. The second kappa shape index (κ2) is 7.79. The van der Waals surface area contributed by atoms with Gasteiger partial charge in [0.15, 0.2) is 9.84 Å². The van der Waals surface area contributed by atoms with Gasteiger partial charge in [0.1, 0.15) is 11.4 Å². The normalized spacial score (nSPS) is 11.6. The largest absolute Gasteiger partial charge is 0.497 e. The molecule has 2 heterocycles. The Bertz CT molecular complexity index is 1270.